The maximum absolute atomic E-state index is 13.2. The number of carbonyl (C=O) groups excluding carboxylic acids is 1. The van der Waals surface area contributed by atoms with Gasteiger partial charge in [-0.05, 0) is 30.3 Å². The Balaban J connectivity index is 1.67. The van der Waals surface area contributed by atoms with Crippen LogP contribution in [0.3, 0.4) is 0 Å². The largest absolute Gasteiger partial charge is 0.318 e. The van der Waals surface area contributed by atoms with E-state index in [4.69, 9.17) is 0 Å². The Labute approximate surface area is 155 Å². The van der Waals surface area contributed by atoms with Crippen LogP contribution in [0.5, 0.6) is 0 Å². The summed E-state index contributed by atoms with van der Waals surface area (Å²) in [7, 11) is 0. The first-order valence-corrected chi connectivity index (χ1v) is 8.08. The van der Waals surface area contributed by atoms with Gasteiger partial charge in [-0.2, -0.15) is 19.7 Å². The zero-order chi connectivity index (χ0) is 19.7. The highest BCUT2D eigenvalue weighted by molar-refractivity contribution is 6.03. The molecule has 0 radical (unpaired) electrons. The highest BCUT2D eigenvalue weighted by atomic mass is 19.3. The molecule has 0 unspecified atom stereocenters. The van der Waals surface area contributed by atoms with E-state index in [-0.39, 0.29) is 17.2 Å². The molecule has 28 heavy (non-hydrogen) atoms. The first-order valence-electron chi connectivity index (χ1n) is 8.08. The van der Waals surface area contributed by atoms with Gasteiger partial charge in [0.2, 0.25) is 0 Å². The number of nitrogens with one attached hydrogen (secondary N) is 1. The van der Waals surface area contributed by atoms with Crippen molar-refractivity contribution in [1.29, 1.82) is 0 Å². The standard InChI is InChI=1S/C17H12F3N7O/c18-11-3-1-10(2-4-11)13-5-14(27-17(25-13)21-9-23-27)16(28)24-12-6-22-26(7-12)8-15(19)20/h1-7,9,15H,8H2,(H,24,28). The van der Waals surface area contributed by atoms with E-state index in [0.717, 1.165) is 4.68 Å². The van der Waals surface area contributed by atoms with Crippen LogP contribution in [-0.2, 0) is 6.54 Å². The molecule has 0 aliphatic rings. The zero-order valence-electron chi connectivity index (χ0n) is 14.1. The van der Waals surface area contributed by atoms with Gasteiger partial charge in [0, 0.05) is 11.8 Å². The molecule has 4 rings (SSSR count). The predicted molar refractivity (Wildman–Crippen MR) is 92.4 cm³/mol. The summed E-state index contributed by atoms with van der Waals surface area (Å²) < 4.78 is 40.3. The van der Waals surface area contributed by atoms with Crippen molar-refractivity contribution in [2.45, 2.75) is 13.0 Å². The van der Waals surface area contributed by atoms with Crippen molar-refractivity contribution in [1.82, 2.24) is 29.4 Å². The number of anilines is 1. The molecule has 1 aromatic carbocycles. The van der Waals surface area contributed by atoms with Crippen molar-refractivity contribution in [2.24, 2.45) is 0 Å². The van der Waals surface area contributed by atoms with Gasteiger partial charge in [-0.3, -0.25) is 9.48 Å². The number of benzene rings is 1. The van der Waals surface area contributed by atoms with Gasteiger partial charge in [0.1, 0.15) is 24.4 Å². The topological polar surface area (TPSA) is 90.0 Å². The lowest BCUT2D eigenvalue weighted by molar-refractivity contribution is 0.102. The van der Waals surface area contributed by atoms with Crippen molar-refractivity contribution in [3.05, 3.63) is 60.6 Å². The SMILES string of the molecule is O=C(Nc1cnn(CC(F)F)c1)c1cc(-c2ccc(F)cc2)nc2ncnn12. The molecule has 0 saturated carbocycles. The smallest absolute Gasteiger partial charge is 0.274 e. The van der Waals surface area contributed by atoms with E-state index in [2.05, 4.69) is 25.5 Å². The number of fused-ring (bicyclic) bond motifs is 1. The van der Waals surface area contributed by atoms with Crippen LogP contribution >= 0.6 is 0 Å². The number of rotatable bonds is 5. The van der Waals surface area contributed by atoms with Gasteiger partial charge in [0.15, 0.2) is 0 Å². The molecule has 1 N–H and O–H groups in total. The first-order chi connectivity index (χ1) is 13.5. The molecule has 3 heterocycles. The molecule has 0 bridgehead atoms. The van der Waals surface area contributed by atoms with Crippen LogP contribution in [0.2, 0.25) is 0 Å². The molecule has 4 aromatic rings. The zero-order valence-corrected chi connectivity index (χ0v) is 14.1. The lowest BCUT2D eigenvalue weighted by Gasteiger charge is -2.07. The second-order valence-electron chi connectivity index (χ2n) is 5.80. The average Bonchev–Trinajstić information content (AvgIpc) is 3.30. The normalized spacial score (nSPS) is 11.3. The minimum Gasteiger partial charge on any atom is -0.318 e. The Morgan fingerprint density at radius 2 is 1.96 bits per heavy atom. The first kappa shape index (κ1) is 17.6. The molecule has 11 heteroatoms. The number of aromatic nitrogens is 6. The summed E-state index contributed by atoms with van der Waals surface area (Å²) in [6.07, 6.45) is 1.25. The van der Waals surface area contributed by atoms with Gasteiger partial charge < -0.3 is 5.32 Å². The van der Waals surface area contributed by atoms with Crippen molar-refractivity contribution < 1.29 is 18.0 Å². The molecule has 1 amide bonds. The van der Waals surface area contributed by atoms with Crippen molar-refractivity contribution in [2.75, 3.05) is 5.32 Å². The summed E-state index contributed by atoms with van der Waals surface area (Å²) in [5, 5.41) is 10.3. The predicted octanol–water partition coefficient (Wildman–Crippen LogP) is 2.64. The van der Waals surface area contributed by atoms with Crippen molar-refractivity contribution >= 4 is 17.4 Å². The quantitative estimate of drug-likeness (QED) is 0.569. The minimum absolute atomic E-state index is 0.114. The molecule has 0 atom stereocenters. The number of nitrogens with zero attached hydrogens (tertiary/aromatic N) is 6. The van der Waals surface area contributed by atoms with Crippen LogP contribution in [-0.4, -0.2) is 41.7 Å². The fourth-order valence-electron chi connectivity index (χ4n) is 2.61. The van der Waals surface area contributed by atoms with E-state index in [1.165, 1.54) is 53.6 Å². The Bertz CT molecular complexity index is 1140. The van der Waals surface area contributed by atoms with E-state index in [9.17, 15) is 18.0 Å². The van der Waals surface area contributed by atoms with Crippen LogP contribution in [0.15, 0.2) is 49.1 Å². The van der Waals surface area contributed by atoms with E-state index >= 15 is 0 Å². The summed E-state index contributed by atoms with van der Waals surface area (Å²) in [6, 6.07) is 7.10. The number of amides is 1. The molecule has 0 fully saturated rings. The molecule has 142 valence electrons. The summed E-state index contributed by atoms with van der Waals surface area (Å²) in [6.45, 7) is -0.576. The molecule has 0 aliphatic carbocycles. The highest BCUT2D eigenvalue weighted by Gasteiger charge is 2.17. The number of hydrogen-bond acceptors (Lipinski definition) is 5. The molecular weight excluding hydrogens is 375 g/mol. The van der Waals surface area contributed by atoms with Crippen LogP contribution in [0.25, 0.3) is 17.0 Å². The van der Waals surface area contributed by atoms with Gasteiger partial charge in [-0.15, -0.1) is 0 Å². The molecule has 0 aliphatic heterocycles. The third-order valence-electron chi connectivity index (χ3n) is 3.84. The third-order valence-corrected chi connectivity index (χ3v) is 3.84. The Morgan fingerprint density at radius 3 is 2.71 bits per heavy atom. The maximum Gasteiger partial charge on any atom is 0.274 e. The third kappa shape index (κ3) is 3.54. The van der Waals surface area contributed by atoms with Crippen molar-refractivity contribution in [3.8, 4) is 11.3 Å². The Hall–Kier alpha value is -3.76. The van der Waals surface area contributed by atoms with Crippen LogP contribution in [0, 0.1) is 5.82 Å². The van der Waals surface area contributed by atoms with Gasteiger partial charge >= 0.3 is 0 Å². The minimum atomic E-state index is -2.56. The molecular formula is C17H12F3N7O. The average molecular weight is 387 g/mol. The van der Waals surface area contributed by atoms with E-state index in [0.29, 0.717) is 11.3 Å². The van der Waals surface area contributed by atoms with E-state index in [1.807, 2.05) is 0 Å². The monoisotopic (exact) mass is 387 g/mol. The lowest BCUT2D eigenvalue weighted by atomic mass is 10.1. The Morgan fingerprint density at radius 1 is 1.18 bits per heavy atom. The summed E-state index contributed by atoms with van der Waals surface area (Å²) in [5.41, 5.74) is 1.35. The number of halogens is 3. The van der Waals surface area contributed by atoms with E-state index in [1.54, 1.807) is 0 Å². The maximum atomic E-state index is 13.2. The number of alkyl halides is 2. The van der Waals surface area contributed by atoms with Crippen LogP contribution < -0.4 is 5.32 Å². The second-order valence-corrected chi connectivity index (χ2v) is 5.80. The van der Waals surface area contributed by atoms with Gasteiger partial charge in [-0.25, -0.2) is 18.2 Å². The summed E-state index contributed by atoms with van der Waals surface area (Å²) >= 11 is 0. The highest BCUT2D eigenvalue weighted by Crippen LogP contribution is 2.20. The Kier molecular flexibility index (Phi) is 4.47. The summed E-state index contributed by atoms with van der Waals surface area (Å²) in [5.74, 6) is -0.774. The van der Waals surface area contributed by atoms with Gasteiger partial charge in [0.05, 0.1) is 17.6 Å². The molecule has 0 spiro atoms. The molecule has 8 nitrogen and oxygen atoms in total. The fraction of sp³-hybridized carbons (Fsp3) is 0.118. The summed E-state index contributed by atoms with van der Waals surface area (Å²) in [4.78, 5) is 21.0. The number of carbonyl (C=O) groups is 1. The van der Waals surface area contributed by atoms with Gasteiger partial charge in [0.25, 0.3) is 18.1 Å². The second kappa shape index (κ2) is 7.10. The van der Waals surface area contributed by atoms with Crippen molar-refractivity contribution in [3.63, 3.8) is 0 Å². The van der Waals surface area contributed by atoms with Crippen LogP contribution in [0.1, 0.15) is 10.5 Å². The number of hydrogen-bond donors (Lipinski definition) is 1. The van der Waals surface area contributed by atoms with Gasteiger partial charge in [-0.1, -0.05) is 0 Å². The fourth-order valence-corrected chi connectivity index (χ4v) is 2.61. The van der Waals surface area contributed by atoms with E-state index < -0.39 is 24.7 Å². The molecule has 0 saturated heterocycles. The van der Waals surface area contributed by atoms with Crippen LogP contribution in [0.4, 0.5) is 18.9 Å². The lowest BCUT2D eigenvalue weighted by Crippen LogP contribution is -2.17. The molecule has 3 aromatic heterocycles.